The van der Waals surface area contributed by atoms with Crippen LogP contribution in [0.5, 0.6) is 0 Å². The van der Waals surface area contributed by atoms with Gasteiger partial charge < -0.3 is 15.2 Å². The van der Waals surface area contributed by atoms with E-state index in [1.807, 2.05) is 0 Å². The average Bonchev–Trinajstić information content (AvgIpc) is 3.07. The Balaban J connectivity index is 0.00000133. The van der Waals surface area contributed by atoms with E-state index in [1.165, 1.54) is 0 Å². The molecule has 2 fully saturated rings. The number of nitrogens with zero attached hydrogens (tertiary/aromatic N) is 1. The van der Waals surface area contributed by atoms with Gasteiger partial charge in [0.15, 0.2) is 5.69 Å². The first-order valence-corrected chi connectivity index (χ1v) is 6.73. The molecule has 106 valence electrons. The summed E-state index contributed by atoms with van der Waals surface area (Å²) in [6.45, 7) is 3.10. The standard InChI is InChI=1S/C13H19N3O2.ClH/c1-8-6-10(4-5-14-8)15-13(17)11-7-12(18-16-11)9-2-3-9;/h7-10,14H,2-6H2,1H3,(H,15,17);1H/t8-,10-;/m1./s1. The topological polar surface area (TPSA) is 67.2 Å². The molecule has 1 aromatic rings. The second-order valence-electron chi connectivity index (χ2n) is 5.44. The fourth-order valence-electron chi connectivity index (χ4n) is 2.48. The van der Waals surface area contributed by atoms with Crippen molar-refractivity contribution in [3.05, 3.63) is 17.5 Å². The molecule has 2 heterocycles. The van der Waals surface area contributed by atoms with Crippen LogP contribution in [-0.2, 0) is 0 Å². The van der Waals surface area contributed by atoms with E-state index >= 15 is 0 Å². The van der Waals surface area contributed by atoms with Crippen molar-refractivity contribution >= 4 is 18.3 Å². The van der Waals surface area contributed by atoms with Crippen LogP contribution in [0.1, 0.15) is 54.8 Å². The number of amides is 1. The molecule has 19 heavy (non-hydrogen) atoms. The fourth-order valence-corrected chi connectivity index (χ4v) is 2.48. The summed E-state index contributed by atoms with van der Waals surface area (Å²) in [4.78, 5) is 12.0. The molecule has 1 saturated heterocycles. The second kappa shape index (κ2) is 5.92. The number of carbonyl (C=O) groups excluding carboxylic acids is 1. The smallest absolute Gasteiger partial charge is 0.273 e. The third-order valence-corrected chi connectivity index (χ3v) is 3.70. The lowest BCUT2D eigenvalue weighted by atomic mass is 10.0. The SMILES string of the molecule is C[C@@H]1C[C@H](NC(=O)c2cc(C3CC3)on2)CCN1.Cl. The van der Waals surface area contributed by atoms with Crippen LogP contribution in [0.3, 0.4) is 0 Å². The Labute approximate surface area is 118 Å². The summed E-state index contributed by atoms with van der Waals surface area (Å²) in [6.07, 6.45) is 4.26. The number of carbonyl (C=O) groups is 1. The lowest BCUT2D eigenvalue weighted by Gasteiger charge is -2.28. The zero-order chi connectivity index (χ0) is 12.5. The summed E-state index contributed by atoms with van der Waals surface area (Å²) in [7, 11) is 0. The van der Waals surface area contributed by atoms with Gasteiger partial charge in [-0.05, 0) is 39.2 Å². The molecule has 2 atom stereocenters. The zero-order valence-corrected chi connectivity index (χ0v) is 11.8. The van der Waals surface area contributed by atoms with E-state index in [-0.39, 0.29) is 24.4 Å². The van der Waals surface area contributed by atoms with Gasteiger partial charge in [-0.1, -0.05) is 5.16 Å². The summed E-state index contributed by atoms with van der Waals surface area (Å²) < 4.78 is 5.20. The molecule has 2 aliphatic rings. The van der Waals surface area contributed by atoms with Crippen molar-refractivity contribution in [3.63, 3.8) is 0 Å². The maximum absolute atomic E-state index is 12.0. The molecular weight excluding hydrogens is 266 g/mol. The van der Waals surface area contributed by atoms with Gasteiger partial charge in [-0.15, -0.1) is 12.4 Å². The minimum Gasteiger partial charge on any atom is -0.360 e. The van der Waals surface area contributed by atoms with Crippen molar-refractivity contribution in [1.29, 1.82) is 0 Å². The predicted molar refractivity (Wildman–Crippen MR) is 73.7 cm³/mol. The van der Waals surface area contributed by atoms with E-state index in [9.17, 15) is 4.79 Å². The molecule has 0 spiro atoms. The third kappa shape index (κ3) is 3.48. The van der Waals surface area contributed by atoms with Crippen LogP contribution in [0.25, 0.3) is 0 Å². The number of piperidine rings is 1. The van der Waals surface area contributed by atoms with Crippen LogP contribution < -0.4 is 10.6 Å². The van der Waals surface area contributed by atoms with Crippen LogP contribution in [0, 0.1) is 0 Å². The molecule has 1 aliphatic carbocycles. The number of hydrogen-bond donors (Lipinski definition) is 2. The molecular formula is C13H20ClN3O2. The average molecular weight is 286 g/mol. The number of hydrogen-bond acceptors (Lipinski definition) is 4. The molecule has 1 aromatic heterocycles. The Morgan fingerprint density at radius 2 is 2.26 bits per heavy atom. The summed E-state index contributed by atoms with van der Waals surface area (Å²) in [6, 6.07) is 2.50. The predicted octanol–water partition coefficient (Wildman–Crippen LogP) is 1.84. The van der Waals surface area contributed by atoms with Crippen LogP contribution in [0.4, 0.5) is 0 Å². The molecule has 6 heteroatoms. The summed E-state index contributed by atoms with van der Waals surface area (Å²) in [5.74, 6) is 1.25. The van der Waals surface area contributed by atoms with Crippen molar-refractivity contribution in [1.82, 2.24) is 15.8 Å². The number of halogens is 1. The minimum atomic E-state index is -0.107. The molecule has 3 rings (SSSR count). The second-order valence-corrected chi connectivity index (χ2v) is 5.44. The first kappa shape index (κ1) is 14.3. The Hall–Kier alpha value is -1.07. The lowest BCUT2D eigenvalue weighted by Crippen LogP contribution is -2.46. The molecule has 1 saturated carbocycles. The van der Waals surface area contributed by atoms with Crippen molar-refractivity contribution in [3.8, 4) is 0 Å². The van der Waals surface area contributed by atoms with Crippen molar-refractivity contribution in [2.45, 2.75) is 50.6 Å². The van der Waals surface area contributed by atoms with Crippen LogP contribution in [0.15, 0.2) is 10.6 Å². The lowest BCUT2D eigenvalue weighted by molar-refractivity contribution is 0.0916. The highest BCUT2D eigenvalue weighted by Crippen LogP contribution is 2.40. The van der Waals surface area contributed by atoms with Crippen molar-refractivity contribution in [2.24, 2.45) is 0 Å². The highest BCUT2D eigenvalue weighted by Gasteiger charge is 2.29. The Morgan fingerprint density at radius 1 is 1.47 bits per heavy atom. The summed E-state index contributed by atoms with van der Waals surface area (Å²) in [5.41, 5.74) is 0.420. The molecule has 2 N–H and O–H groups in total. The van der Waals surface area contributed by atoms with E-state index in [0.717, 1.165) is 38.0 Å². The molecule has 0 aromatic carbocycles. The van der Waals surface area contributed by atoms with Gasteiger partial charge in [0, 0.05) is 24.1 Å². The number of rotatable bonds is 3. The molecule has 1 amide bonds. The van der Waals surface area contributed by atoms with E-state index < -0.39 is 0 Å². The van der Waals surface area contributed by atoms with E-state index in [0.29, 0.717) is 17.7 Å². The van der Waals surface area contributed by atoms with E-state index in [2.05, 4.69) is 22.7 Å². The van der Waals surface area contributed by atoms with E-state index in [4.69, 9.17) is 4.52 Å². The number of aromatic nitrogens is 1. The molecule has 0 radical (unpaired) electrons. The van der Waals surface area contributed by atoms with Gasteiger partial charge in [0.2, 0.25) is 0 Å². The third-order valence-electron chi connectivity index (χ3n) is 3.70. The Kier molecular flexibility index (Phi) is 4.47. The maximum Gasteiger partial charge on any atom is 0.273 e. The van der Waals surface area contributed by atoms with Gasteiger partial charge in [-0.25, -0.2) is 0 Å². The maximum atomic E-state index is 12.0. The van der Waals surface area contributed by atoms with Gasteiger partial charge in [-0.2, -0.15) is 0 Å². The molecule has 5 nitrogen and oxygen atoms in total. The van der Waals surface area contributed by atoms with Crippen molar-refractivity contribution < 1.29 is 9.32 Å². The Morgan fingerprint density at radius 3 is 2.95 bits per heavy atom. The van der Waals surface area contributed by atoms with Crippen molar-refractivity contribution in [2.75, 3.05) is 6.54 Å². The van der Waals surface area contributed by atoms with Crippen LogP contribution >= 0.6 is 12.4 Å². The Bertz CT molecular complexity index is 445. The minimum absolute atomic E-state index is 0. The van der Waals surface area contributed by atoms with Gasteiger partial charge in [0.25, 0.3) is 5.91 Å². The van der Waals surface area contributed by atoms with Gasteiger partial charge in [-0.3, -0.25) is 4.79 Å². The van der Waals surface area contributed by atoms with E-state index in [1.54, 1.807) is 6.07 Å². The largest absolute Gasteiger partial charge is 0.360 e. The summed E-state index contributed by atoms with van der Waals surface area (Å²) in [5, 5.41) is 10.3. The number of nitrogens with one attached hydrogen (secondary N) is 2. The monoisotopic (exact) mass is 285 g/mol. The zero-order valence-electron chi connectivity index (χ0n) is 11.0. The highest BCUT2D eigenvalue weighted by molar-refractivity contribution is 5.92. The van der Waals surface area contributed by atoms with Crippen LogP contribution in [0.2, 0.25) is 0 Å². The van der Waals surface area contributed by atoms with Gasteiger partial charge in [0.1, 0.15) is 5.76 Å². The molecule has 0 bridgehead atoms. The van der Waals surface area contributed by atoms with Gasteiger partial charge >= 0.3 is 0 Å². The molecule has 1 aliphatic heterocycles. The van der Waals surface area contributed by atoms with Gasteiger partial charge in [0.05, 0.1) is 0 Å². The molecule has 0 unspecified atom stereocenters. The summed E-state index contributed by atoms with van der Waals surface area (Å²) >= 11 is 0. The van der Waals surface area contributed by atoms with Crippen LogP contribution in [-0.4, -0.2) is 29.7 Å². The normalized spacial score (nSPS) is 26.6. The fraction of sp³-hybridized carbons (Fsp3) is 0.692. The highest BCUT2D eigenvalue weighted by atomic mass is 35.5. The first-order valence-electron chi connectivity index (χ1n) is 6.73. The first-order chi connectivity index (χ1) is 8.72. The quantitative estimate of drug-likeness (QED) is 0.889.